The van der Waals surface area contributed by atoms with E-state index in [4.69, 9.17) is 4.42 Å². The van der Waals surface area contributed by atoms with Gasteiger partial charge in [-0.1, -0.05) is 12.1 Å². The molecule has 31 heavy (non-hydrogen) atoms. The van der Waals surface area contributed by atoms with Crippen LogP contribution in [-0.2, 0) is 17.8 Å². The summed E-state index contributed by atoms with van der Waals surface area (Å²) < 4.78 is 21.0. The molecule has 4 rings (SSSR count). The molecular weight excluding hydrogens is 395 g/mol. The van der Waals surface area contributed by atoms with Gasteiger partial charge in [0.1, 0.15) is 17.3 Å². The Morgan fingerprint density at radius 1 is 1.10 bits per heavy atom. The van der Waals surface area contributed by atoms with Gasteiger partial charge in [0.25, 0.3) is 0 Å². The lowest BCUT2D eigenvalue weighted by Crippen LogP contribution is -2.14. The third-order valence-corrected chi connectivity index (χ3v) is 4.96. The van der Waals surface area contributed by atoms with Crippen LogP contribution in [0, 0.1) is 26.6 Å². The Hall–Kier alpha value is -3.74. The van der Waals surface area contributed by atoms with Crippen LogP contribution in [0.15, 0.2) is 59.0 Å². The summed E-state index contributed by atoms with van der Waals surface area (Å²) in [7, 11) is 0. The number of nitrogens with one attached hydrogen (secondary N) is 1. The van der Waals surface area contributed by atoms with Crippen molar-refractivity contribution in [2.45, 2.75) is 33.7 Å². The predicted octanol–water partition coefficient (Wildman–Crippen LogP) is 4.83. The Morgan fingerprint density at radius 2 is 1.87 bits per heavy atom. The third kappa shape index (κ3) is 4.88. The van der Waals surface area contributed by atoms with Crippen LogP contribution in [0.2, 0.25) is 0 Å². The second kappa shape index (κ2) is 8.55. The third-order valence-electron chi connectivity index (χ3n) is 4.96. The van der Waals surface area contributed by atoms with Crippen LogP contribution >= 0.6 is 0 Å². The number of rotatable bonds is 6. The largest absolute Gasteiger partial charge is 0.441 e. The average molecular weight is 418 g/mol. The summed E-state index contributed by atoms with van der Waals surface area (Å²) >= 11 is 0. The van der Waals surface area contributed by atoms with Gasteiger partial charge in [-0.25, -0.2) is 9.37 Å². The number of halogens is 1. The monoisotopic (exact) mass is 418 g/mol. The molecule has 0 atom stereocenters. The molecule has 1 amide bonds. The molecule has 158 valence electrons. The predicted molar refractivity (Wildman–Crippen MR) is 116 cm³/mol. The standard InChI is InChI=1S/C24H23FN4O2/c1-15-11-16(2)29(28-15)14-22-17(3)31-24(27-22)19-7-9-21(10-8-19)26-23(30)13-18-5-4-6-20(25)12-18/h4-12H,13-14H2,1-3H3,(H,26,30). The average Bonchev–Trinajstić information content (AvgIpc) is 3.23. The molecule has 2 aromatic heterocycles. The van der Waals surface area contributed by atoms with E-state index >= 15 is 0 Å². The van der Waals surface area contributed by atoms with Crippen molar-refractivity contribution in [3.63, 3.8) is 0 Å². The molecular formula is C24H23FN4O2. The van der Waals surface area contributed by atoms with E-state index in [1.165, 1.54) is 12.1 Å². The molecule has 2 heterocycles. The van der Waals surface area contributed by atoms with Crippen LogP contribution in [0.3, 0.4) is 0 Å². The van der Waals surface area contributed by atoms with Crippen molar-refractivity contribution in [2.24, 2.45) is 0 Å². The van der Waals surface area contributed by atoms with Gasteiger partial charge in [0, 0.05) is 16.9 Å². The number of aryl methyl sites for hydroxylation is 3. The fourth-order valence-electron chi connectivity index (χ4n) is 3.41. The zero-order valence-electron chi connectivity index (χ0n) is 17.6. The van der Waals surface area contributed by atoms with Crippen LogP contribution in [0.25, 0.3) is 11.5 Å². The number of hydrogen-bond donors (Lipinski definition) is 1. The summed E-state index contributed by atoms with van der Waals surface area (Å²) in [5.74, 6) is 0.701. The van der Waals surface area contributed by atoms with Gasteiger partial charge < -0.3 is 9.73 Å². The number of carbonyl (C=O) groups is 1. The Balaban J connectivity index is 1.43. The Kier molecular flexibility index (Phi) is 5.66. The Bertz CT molecular complexity index is 1220. The number of oxazole rings is 1. The molecule has 4 aromatic rings. The number of hydrogen-bond acceptors (Lipinski definition) is 4. The summed E-state index contributed by atoms with van der Waals surface area (Å²) in [6.45, 7) is 6.41. The highest BCUT2D eigenvalue weighted by Gasteiger charge is 2.14. The number of aromatic nitrogens is 3. The molecule has 7 heteroatoms. The van der Waals surface area contributed by atoms with Gasteiger partial charge in [0.2, 0.25) is 11.8 Å². The van der Waals surface area contributed by atoms with Crippen molar-refractivity contribution in [3.05, 3.63) is 88.8 Å². The van der Waals surface area contributed by atoms with Crippen LogP contribution in [0.4, 0.5) is 10.1 Å². The number of amides is 1. The van der Waals surface area contributed by atoms with Gasteiger partial charge in [-0.05, 0) is 68.8 Å². The van der Waals surface area contributed by atoms with E-state index in [0.717, 1.165) is 28.4 Å². The Morgan fingerprint density at radius 3 is 2.55 bits per heavy atom. The summed E-state index contributed by atoms with van der Waals surface area (Å²) in [5.41, 5.74) is 4.95. The van der Waals surface area contributed by atoms with Crippen LogP contribution in [-0.4, -0.2) is 20.7 Å². The van der Waals surface area contributed by atoms with Crippen molar-refractivity contribution >= 4 is 11.6 Å². The van der Waals surface area contributed by atoms with Gasteiger partial charge in [0.15, 0.2) is 0 Å². The molecule has 0 unspecified atom stereocenters. The van der Waals surface area contributed by atoms with Gasteiger partial charge in [-0.3, -0.25) is 9.48 Å². The minimum atomic E-state index is -0.354. The van der Waals surface area contributed by atoms with E-state index in [2.05, 4.69) is 15.4 Å². The summed E-state index contributed by atoms with van der Waals surface area (Å²) in [4.78, 5) is 16.9. The SMILES string of the molecule is Cc1cc(C)n(Cc2nc(-c3ccc(NC(=O)Cc4cccc(F)c4)cc3)oc2C)n1. The lowest BCUT2D eigenvalue weighted by Gasteiger charge is -2.06. The normalized spacial score (nSPS) is 11.0. The summed E-state index contributed by atoms with van der Waals surface area (Å²) in [5, 5.41) is 7.30. The second-order valence-corrected chi connectivity index (χ2v) is 7.54. The van der Waals surface area contributed by atoms with Gasteiger partial charge in [0.05, 0.1) is 18.7 Å². The maximum absolute atomic E-state index is 13.3. The first-order valence-electron chi connectivity index (χ1n) is 9.99. The first-order valence-corrected chi connectivity index (χ1v) is 9.99. The molecule has 2 aromatic carbocycles. The van der Waals surface area contributed by atoms with E-state index in [9.17, 15) is 9.18 Å². The highest BCUT2D eigenvalue weighted by atomic mass is 19.1. The minimum Gasteiger partial charge on any atom is -0.441 e. The summed E-state index contributed by atoms with van der Waals surface area (Å²) in [6, 6.07) is 15.3. The lowest BCUT2D eigenvalue weighted by atomic mass is 10.1. The van der Waals surface area contributed by atoms with Crippen LogP contribution in [0.5, 0.6) is 0 Å². The number of anilines is 1. The molecule has 0 saturated carbocycles. The number of carbonyl (C=O) groups excluding carboxylic acids is 1. The molecule has 0 aliphatic carbocycles. The zero-order chi connectivity index (χ0) is 22.0. The van der Waals surface area contributed by atoms with Crippen molar-refractivity contribution in [1.82, 2.24) is 14.8 Å². The van der Waals surface area contributed by atoms with E-state index < -0.39 is 0 Å². The van der Waals surface area contributed by atoms with Gasteiger partial charge >= 0.3 is 0 Å². The topological polar surface area (TPSA) is 73.0 Å². The molecule has 0 aliphatic heterocycles. The van der Waals surface area contributed by atoms with E-state index in [0.29, 0.717) is 23.7 Å². The maximum Gasteiger partial charge on any atom is 0.228 e. The first-order chi connectivity index (χ1) is 14.9. The molecule has 0 bridgehead atoms. The zero-order valence-corrected chi connectivity index (χ0v) is 17.6. The second-order valence-electron chi connectivity index (χ2n) is 7.54. The maximum atomic E-state index is 13.3. The molecule has 0 saturated heterocycles. The molecule has 0 radical (unpaired) electrons. The minimum absolute atomic E-state index is 0.105. The van der Waals surface area contributed by atoms with Gasteiger partial charge in [-0.15, -0.1) is 0 Å². The van der Waals surface area contributed by atoms with Crippen molar-refractivity contribution in [2.75, 3.05) is 5.32 Å². The van der Waals surface area contributed by atoms with Crippen molar-refractivity contribution in [3.8, 4) is 11.5 Å². The van der Waals surface area contributed by atoms with Crippen LogP contribution < -0.4 is 5.32 Å². The highest BCUT2D eigenvalue weighted by molar-refractivity contribution is 5.92. The van der Waals surface area contributed by atoms with E-state index in [-0.39, 0.29) is 18.1 Å². The fraction of sp³-hybridized carbons (Fsp3) is 0.208. The van der Waals surface area contributed by atoms with E-state index in [1.54, 1.807) is 24.3 Å². The quantitative estimate of drug-likeness (QED) is 0.487. The van der Waals surface area contributed by atoms with Crippen molar-refractivity contribution in [1.29, 1.82) is 0 Å². The van der Waals surface area contributed by atoms with Gasteiger partial charge in [-0.2, -0.15) is 5.10 Å². The molecule has 6 nitrogen and oxygen atoms in total. The molecule has 0 aliphatic rings. The fourth-order valence-corrected chi connectivity index (χ4v) is 3.41. The smallest absolute Gasteiger partial charge is 0.228 e. The molecule has 0 spiro atoms. The first kappa shape index (κ1) is 20.5. The Labute approximate surface area is 179 Å². The van der Waals surface area contributed by atoms with Crippen LogP contribution in [0.1, 0.15) is 28.4 Å². The lowest BCUT2D eigenvalue weighted by molar-refractivity contribution is -0.115. The van der Waals surface area contributed by atoms with Crippen molar-refractivity contribution < 1.29 is 13.6 Å². The van der Waals surface area contributed by atoms with E-state index in [1.807, 2.05) is 43.7 Å². The molecule has 1 N–H and O–H groups in total. The number of benzene rings is 2. The highest BCUT2D eigenvalue weighted by Crippen LogP contribution is 2.24. The summed E-state index contributed by atoms with van der Waals surface area (Å²) in [6.07, 6.45) is 0.105. The number of nitrogens with zero attached hydrogens (tertiary/aromatic N) is 3. The molecule has 0 fully saturated rings.